The largest absolute Gasteiger partial charge is 0.396 e. The number of rotatable bonds is 4. The molecule has 5 heteroatoms. The number of carbonyl (C=O) groups excluding carboxylic acids is 1. The molecule has 0 saturated carbocycles. The summed E-state index contributed by atoms with van der Waals surface area (Å²) in [5, 5.41) is 11.7. The summed E-state index contributed by atoms with van der Waals surface area (Å²) >= 11 is 2.16. The van der Waals surface area contributed by atoms with Gasteiger partial charge in [-0.2, -0.15) is 0 Å². The van der Waals surface area contributed by atoms with Gasteiger partial charge in [-0.1, -0.05) is 12.1 Å². The van der Waals surface area contributed by atoms with Crippen LogP contribution in [0.3, 0.4) is 0 Å². The first-order chi connectivity index (χ1) is 9.20. The third kappa shape index (κ3) is 3.74. The molecule has 0 saturated heterocycles. The van der Waals surface area contributed by atoms with Crippen molar-refractivity contribution in [3.63, 3.8) is 0 Å². The minimum Gasteiger partial charge on any atom is -0.396 e. The number of carbonyl (C=O) groups is 1. The van der Waals surface area contributed by atoms with Gasteiger partial charge < -0.3 is 10.4 Å². The van der Waals surface area contributed by atoms with Gasteiger partial charge in [0.25, 0.3) is 5.91 Å². The van der Waals surface area contributed by atoms with E-state index < -0.39 is 0 Å². The molecule has 0 aliphatic rings. The van der Waals surface area contributed by atoms with Gasteiger partial charge in [-0.3, -0.25) is 9.78 Å². The molecule has 1 amide bonds. The number of aliphatic hydroxyl groups is 1. The summed E-state index contributed by atoms with van der Waals surface area (Å²) in [5.41, 5.74) is 2.18. The Morgan fingerprint density at radius 2 is 2.16 bits per heavy atom. The Morgan fingerprint density at radius 1 is 1.32 bits per heavy atom. The number of nitrogens with zero attached hydrogens (tertiary/aromatic N) is 1. The van der Waals surface area contributed by atoms with Crippen molar-refractivity contribution in [2.75, 3.05) is 11.9 Å². The van der Waals surface area contributed by atoms with Crippen molar-refractivity contribution < 1.29 is 9.90 Å². The van der Waals surface area contributed by atoms with Gasteiger partial charge in [0.2, 0.25) is 0 Å². The number of amides is 1. The second-order valence-corrected chi connectivity index (χ2v) is 5.12. The summed E-state index contributed by atoms with van der Waals surface area (Å²) in [5.74, 6) is -0.228. The van der Waals surface area contributed by atoms with Crippen molar-refractivity contribution in [2.24, 2.45) is 0 Å². The van der Waals surface area contributed by atoms with Crippen LogP contribution in [-0.4, -0.2) is 22.6 Å². The molecule has 2 rings (SSSR count). The zero-order valence-corrected chi connectivity index (χ0v) is 12.3. The van der Waals surface area contributed by atoms with Crippen LogP contribution in [0.2, 0.25) is 0 Å². The minimum absolute atomic E-state index is 0.121. The second-order valence-electron chi connectivity index (χ2n) is 3.96. The number of halogens is 1. The Hall–Kier alpha value is -1.47. The van der Waals surface area contributed by atoms with Gasteiger partial charge in [0, 0.05) is 16.4 Å². The standard InChI is InChI=1S/C14H13IN2O2/c15-11-9-10(6-8-18)4-5-12(11)17-14(19)13-3-1-2-7-16-13/h1-5,7,9,18H,6,8H2,(H,17,19). The van der Waals surface area contributed by atoms with Crippen LogP contribution in [0.25, 0.3) is 0 Å². The smallest absolute Gasteiger partial charge is 0.274 e. The monoisotopic (exact) mass is 368 g/mol. The molecule has 0 aliphatic carbocycles. The molecule has 1 heterocycles. The van der Waals surface area contributed by atoms with Crippen molar-refractivity contribution in [1.29, 1.82) is 0 Å². The summed E-state index contributed by atoms with van der Waals surface area (Å²) in [6, 6.07) is 10.9. The predicted molar refractivity (Wildman–Crippen MR) is 82.1 cm³/mol. The van der Waals surface area contributed by atoms with E-state index in [9.17, 15) is 4.79 Å². The van der Waals surface area contributed by atoms with Crippen molar-refractivity contribution in [3.05, 3.63) is 57.4 Å². The van der Waals surface area contributed by atoms with E-state index in [2.05, 4.69) is 32.9 Å². The normalized spacial score (nSPS) is 10.2. The first-order valence-corrected chi connectivity index (χ1v) is 6.90. The number of aromatic nitrogens is 1. The molecule has 0 spiro atoms. The molecule has 0 fully saturated rings. The van der Waals surface area contributed by atoms with E-state index >= 15 is 0 Å². The fourth-order valence-electron chi connectivity index (χ4n) is 1.63. The van der Waals surface area contributed by atoms with Crippen molar-refractivity contribution in [3.8, 4) is 0 Å². The highest BCUT2D eigenvalue weighted by molar-refractivity contribution is 14.1. The first kappa shape index (κ1) is 14.0. The third-order valence-electron chi connectivity index (χ3n) is 2.58. The molecule has 4 nitrogen and oxygen atoms in total. The molecular weight excluding hydrogens is 355 g/mol. The van der Waals surface area contributed by atoms with E-state index in [1.165, 1.54) is 0 Å². The number of hydrogen-bond donors (Lipinski definition) is 2. The summed E-state index contributed by atoms with van der Waals surface area (Å²) < 4.78 is 0.938. The van der Waals surface area contributed by atoms with E-state index in [4.69, 9.17) is 5.11 Å². The fourth-order valence-corrected chi connectivity index (χ4v) is 2.34. The lowest BCUT2D eigenvalue weighted by atomic mass is 10.1. The minimum atomic E-state index is -0.228. The molecule has 2 N–H and O–H groups in total. The highest BCUT2D eigenvalue weighted by atomic mass is 127. The third-order valence-corrected chi connectivity index (χ3v) is 3.47. The molecule has 0 atom stereocenters. The Labute approximate surface area is 125 Å². The lowest BCUT2D eigenvalue weighted by Crippen LogP contribution is -2.14. The Bertz CT molecular complexity index is 573. The fraction of sp³-hybridized carbons (Fsp3) is 0.143. The molecule has 0 radical (unpaired) electrons. The molecule has 19 heavy (non-hydrogen) atoms. The van der Waals surface area contributed by atoms with Crippen molar-refractivity contribution in [1.82, 2.24) is 4.98 Å². The Balaban J connectivity index is 2.13. The molecular formula is C14H13IN2O2. The summed E-state index contributed by atoms with van der Waals surface area (Å²) in [4.78, 5) is 16.0. The topological polar surface area (TPSA) is 62.2 Å². The van der Waals surface area contributed by atoms with Crippen molar-refractivity contribution >= 4 is 34.2 Å². The van der Waals surface area contributed by atoms with Crippen LogP contribution in [-0.2, 0) is 6.42 Å². The van der Waals surface area contributed by atoms with Gasteiger partial charge in [-0.15, -0.1) is 0 Å². The number of pyridine rings is 1. The molecule has 2 aromatic rings. The van der Waals surface area contributed by atoms with Crippen LogP contribution in [0.15, 0.2) is 42.6 Å². The highest BCUT2D eigenvalue weighted by Crippen LogP contribution is 2.20. The molecule has 1 aromatic carbocycles. The van der Waals surface area contributed by atoms with E-state index in [-0.39, 0.29) is 12.5 Å². The number of aliphatic hydroxyl groups excluding tert-OH is 1. The van der Waals surface area contributed by atoms with E-state index in [0.717, 1.165) is 14.8 Å². The van der Waals surface area contributed by atoms with Gasteiger partial charge in [0.1, 0.15) is 5.69 Å². The second kappa shape index (κ2) is 6.63. The molecule has 1 aromatic heterocycles. The van der Waals surface area contributed by atoms with Crippen LogP contribution < -0.4 is 5.32 Å². The van der Waals surface area contributed by atoms with Gasteiger partial charge in [-0.25, -0.2) is 0 Å². The molecule has 0 aliphatic heterocycles. The van der Waals surface area contributed by atoms with Crippen LogP contribution in [0.5, 0.6) is 0 Å². The highest BCUT2D eigenvalue weighted by Gasteiger charge is 2.09. The zero-order valence-electron chi connectivity index (χ0n) is 10.1. The van der Waals surface area contributed by atoms with E-state index in [1.807, 2.05) is 18.2 Å². The SMILES string of the molecule is O=C(Nc1ccc(CCO)cc1I)c1ccccn1. The number of anilines is 1. The number of nitrogens with one attached hydrogen (secondary N) is 1. The average Bonchev–Trinajstić information content (AvgIpc) is 2.43. The number of benzene rings is 1. The Kier molecular flexibility index (Phi) is 4.86. The van der Waals surface area contributed by atoms with Crippen LogP contribution in [0.1, 0.15) is 16.1 Å². The average molecular weight is 368 g/mol. The van der Waals surface area contributed by atoms with Crippen LogP contribution >= 0.6 is 22.6 Å². The van der Waals surface area contributed by atoms with Crippen LogP contribution in [0, 0.1) is 3.57 Å². The van der Waals surface area contributed by atoms with E-state index in [0.29, 0.717) is 12.1 Å². The van der Waals surface area contributed by atoms with Gasteiger partial charge in [-0.05, 0) is 58.8 Å². The van der Waals surface area contributed by atoms with Crippen LogP contribution in [0.4, 0.5) is 5.69 Å². The van der Waals surface area contributed by atoms with E-state index in [1.54, 1.807) is 24.4 Å². The summed E-state index contributed by atoms with van der Waals surface area (Å²) in [6.45, 7) is 0.121. The maximum Gasteiger partial charge on any atom is 0.274 e. The maximum absolute atomic E-state index is 12.0. The Morgan fingerprint density at radius 3 is 2.79 bits per heavy atom. The van der Waals surface area contributed by atoms with Gasteiger partial charge >= 0.3 is 0 Å². The lowest BCUT2D eigenvalue weighted by Gasteiger charge is -2.08. The van der Waals surface area contributed by atoms with Gasteiger partial charge in [0.05, 0.1) is 5.69 Å². The summed E-state index contributed by atoms with van der Waals surface area (Å²) in [6.07, 6.45) is 2.20. The lowest BCUT2D eigenvalue weighted by molar-refractivity contribution is 0.102. The van der Waals surface area contributed by atoms with Gasteiger partial charge in [0.15, 0.2) is 0 Å². The molecule has 0 unspecified atom stereocenters. The predicted octanol–water partition coefficient (Wildman–Crippen LogP) is 2.47. The number of hydrogen-bond acceptors (Lipinski definition) is 3. The zero-order chi connectivity index (χ0) is 13.7. The molecule has 98 valence electrons. The quantitative estimate of drug-likeness (QED) is 0.816. The molecule has 0 bridgehead atoms. The first-order valence-electron chi connectivity index (χ1n) is 5.82. The van der Waals surface area contributed by atoms with Crippen molar-refractivity contribution in [2.45, 2.75) is 6.42 Å². The maximum atomic E-state index is 12.0. The summed E-state index contributed by atoms with van der Waals surface area (Å²) in [7, 11) is 0.